The number of rotatable bonds is 0. The van der Waals surface area contributed by atoms with Crippen molar-refractivity contribution < 1.29 is 71.2 Å². The molecule has 0 aliphatic heterocycles. The minimum absolute atomic E-state index is 1.08. The molecule has 4 heteroatoms. The van der Waals surface area contributed by atoms with Gasteiger partial charge in [-0.2, -0.15) is 0 Å². The van der Waals surface area contributed by atoms with Crippen molar-refractivity contribution in [3.05, 3.63) is 0 Å². The van der Waals surface area contributed by atoms with E-state index in [0.29, 0.717) is 0 Å². The van der Waals surface area contributed by atoms with Crippen molar-refractivity contribution in [2.45, 2.75) is 0 Å². The third kappa shape index (κ3) is 31.5. The maximum atomic E-state index is 4.58. The van der Waals surface area contributed by atoms with Crippen LogP contribution in [-0.2, 0) is 71.2 Å². The fourth-order valence-electron chi connectivity index (χ4n) is 0. The van der Waals surface area contributed by atoms with Crippen LogP contribution in [0.2, 0.25) is 0 Å². The second-order valence-electron chi connectivity index (χ2n) is 0. The third-order valence-corrected chi connectivity index (χ3v) is 0. The molecular weight excluding hydrogens is 759 g/mol. The first-order valence-corrected chi connectivity index (χ1v) is 15.0. The van der Waals surface area contributed by atoms with Crippen molar-refractivity contribution in [2.75, 3.05) is 0 Å². The topological polar surface area (TPSA) is 0 Å². The quantitative estimate of drug-likeness (QED) is 0.298. The van der Waals surface area contributed by atoms with Crippen LogP contribution in [0.15, 0.2) is 0 Å². The molecule has 0 nitrogen and oxygen atoms in total. The predicted molar refractivity (Wildman–Crippen MR) is 12.1 cm³/mol. The molecule has 0 heterocycles. The predicted octanol–water partition coefficient (Wildman–Crippen LogP) is -0.321. The zero-order valence-electron chi connectivity index (χ0n) is 2.79. The van der Waals surface area contributed by atoms with Crippen LogP contribution >= 0.6 is 0 Å². The van der Waals surface area contributed by atoms with Crippen LogP contribution in [0, 0.1) is 0 Å². The zero-order valence-corrected chi connectivity index (χ0v) is 14.5. The van der Waals surface area contributed by atoms with Gasteiger partial charge in [-0.3, -0.25) is 0 Å². The molecule has 0 spiro atoms. The normalized spacial score (nSPS) is 2.00. The van der Waals surface area contributed by atoms with Crippen LogP contribution in [0.1, 0.15) is 0 Å². The van der Waals surface area contributed by atoms with Gasteiger partial charge in [0.25, 0.3) is 0 Å². The first-order valence-electron chi connectivity index (χ1n) is 0.638. The summed E-state index contributed by atoms with van der Waals surface area (Å²) in [7, 11) is 0. The van der Waals surface area contributed by atoms with Crippen molar-refractivity contribution in [1.82, 2.24) is 0 Å². The second-order valence-corrected chi connectivity index (χ2v) is 0. The molecule has 0 aliphatic rings. The molecule has 0 saturated heterocycles. The molecule has 0 saturated carbocycles. The molecular formula is C2H2W4-2. The van der Waals surface area contributed by atoms with Crippen molar-refractivity contribution in [3.8, 4) is 0 Å². The van der Waals surface area contributed by atoms with Crippen LogP contribution in [0.5, 0.6) is 0 Å². The van der Waals surface area contributed by atoms with E-state index in [1.807, 2.05) is 0 Å². The van der Waals surface area contributed by atoms with Gasteiger partial charge < -0.3 is 0 Å². The van der Waals surface area contributed by atoms with E-state index in [1.54, 1.807) is 32.4 Å². The molecule has 0 aromatic rings. The van der Waals surface area contributed by atoms with Gasteiger partial charge in [-0.25, -0.2) is 0 Å². The van der Waals surface area contributed by atoms with E-state index in [2.05, 4.69) is 9.81 Å². The summed E-state index contributed by atoms with van der Waals surface area (Å²) in [5.41, 5.74) is 0. The van der Waals surface area contributed by atoms with E-state index in [-0.39, 0.29) is 0 Å². The standard InChI is InChI=1S/2CH.4W/h2*1H;;;;/q2*-1;;;;. The molecule has 0 fully saturated rings. The summed E-state index contributed by atoms with van der Waals surface area (Å²) in [6.07, 6.45) is 0. The van der Waals surface area contributed by atoms with Gasteiger partial charge in [0.1, 0.15) is 0 Å². The van der Waals surface area contributed by atoms with E-state index in [4.69, 9.17) is 0 Å². The molecule has 0 rings (SSSR count). The Morgan fingerprint density at radius 1 is 0.667 bits per heavy atom. The number of hydrogen-bond acceptors (Lipinski definition) is 0. The third-order valence-electron chi connectivity index (χ3n) is 0. The molecule has 0 N–H and O–H groups in total. The first-order chi connectivity index (χ1) is 3.00. The fraction of sp³-hybridized carbons (Fsp3) is 0. The summed E-state index contributed by atoms with van der Waals surface area (Å²) in [5.74, 6) is 0. The van der Waals surface area contributed by atoms with Gasteiger partial charge in [0.15, 0.2) is 0 Å². The van der Waals surface area contributed by atoms with Gasteiger partial charge >= 0.3 is 81.0 Å². The van der Waals surface area contributed by atoms with E-state index >= 15 is 0 Å². The van der Waals surface area contributed by atoms with Gasteiger partial charge in [0, 0.05) is 0 Å². The van der Waals surface area contributed by atoms with Crippen molar-refractivity contribution in [1.29, 1.82) is 0 Å². The SMILES string of the molecule is [CH-]=[W].[CH-]=[W].[W]=[W]. The van der Waals surface area contributed by atoms with E-state index in [0.717, 1.165) is 38.7 Å². The monoisotopic (exact) mass is 762 g/mol. The maximum absolute atomic E-state index is 4.58. The summed E-state index contributed by atoms with van der Waals surface area (Å²) >= 11 is 5.50. The van der Waals surface area contributed by atoms with Crippen LogP contribution in [-0.4, -0.2) is 9.81 Å². The summed E-state index contributed by atoms with van der Waals surface area (Å²) < 4.78 is 0. The Morgan fingerprint density at radius 2 is 0.667 bits per heavy atom. The molecule has 0 aromatic carbocycles. The van der Waals surface area contributed by atoms with Crippen LogP contribution < -0.4 is 0 Å². The zero-order chi connectivity index (χ0) is 6.00. The Bertz CT molecular complexity index is 10.3. The summed E-state index contributed by atoms with van der Waals surface area (Å²) in [6, 6.07) is 0. The fourth-order valence-corrected chi connectivity index (χ4v) is 0. The molecule has 0 amide bonds. The summed E-state index contributed by atoms with van der Waals surface area (Å²) in [6.45, 7) is 0. The van der Waals surface area contributed by atoms with Crippen LogP contribution in [0.4, 0.5) is 0 Å². The molecule has 0 radical (unpaired) electrons. The molecule has 0 bridgehead atoms. The number of hydrogen-bond donors (Lipinski definition) is 0. The van der Waals surface area contributed by atoms with E-state index in [9.17, 15) is 0 Å². The molecule has 0 unspecified atom stereocenters. The summed E-state index contributed by atoms with van der Waals surface area (Å²) in [4.78, 5) is 9.17. The summed E-state index contributed by atoms with van der Waals surface area (Å²) in [5, 5.41) is 0. The van der Waals surface area contributed by atoms with E-state index in [1.165, 1.54) is 0 Å². The minimum atomic E-state index is 1.08. The van der Waals surface area contributed by atoms with Gasteiger partial charge in [0.2, 0.25) is 0 Å². The van der Waals surface area contributed by atoms with E-state index < -0.39 is 0 Å². The van der Waals surface area contributed by atoms with Crippen LogP contribution in [0.25, 0.3) is 0 Å². The van der Waals surface area contributed by atoms with Crippen molar-refractivity contribution in [3.63, 3.8) is 0 Å². The second kappa shape index (κ2) is 50.8. The Balaban J connectivity index is -0.0000000225. The Hall–Kier alpha value is 2.49. The molecule has 0 aliphatic carbocycles. The first kappa shape index (κ1) is 15.8. The van der Waals surface area contributed by atoms with Gasteiger partial charge in [-0.15, -0.1) is 0 Å². The molecule has 6 heavy (non-hydrogen) atoms. The average molecular weight is 761 g/mol. The van der Waals surface area contributed by atoms with Crippen molar-refractivity contribution in [2.24, 2.45) is 0 Å². The van der Waals surface area contributed by atoms with Gasteiger partial charge in [-0.1, -0.05) is 0 Å². The Labute approximate surface area is 79.5 Å². The Kier molecular flexibility index (Phi) is 134. The van der Waals surface area contributed by atoms with Crippen molar-refractivity contribution >= 4 is 9.81 Å². The molecule has 0 atom stereocenters. The average Bonchev–Trinajstić information content (AvgIpc) is 1.81. The van der Waals surface area contributed by atoms with Gasteiger partial charge in [0.05, 0.1) is 0 Å². The van der Waals surface area contributed by atoms with Gasteiger partial charge in [-0.05, 0) is 0 Å². The molecule has 0 aromatic heterocycles. The van der Waals surface area contributed by atoms with Crippen LogP contribution in [0.3, 0.4) is 0 Å². The molecule has 36 valence electrons. The Morgan fingerprint density at radius 3 is 0.667 bits per heavy atom.